The zero-order valence-electron chi connectivity index (χ0n) is 22.0. The molecular formula is C28H32N4O6. The van der Waals surface area contributed by atoms with Crippen LogP contribution in [-0.4, -0.2) is 48.4 Å². The number of anilines is 2. The number of nitrogens with one attached hydrogen (secondary N) is 2. The van der Waals surface area contributed by atoms with Crippen LogP contribution in [0.2, 0.25) is 0 Å². The maximum absolute atomic E-state index is 12.9. The number of rotatable bonds is 11. The van der Waals surface area contributed by atoms with Crippen LogP contribution in [0, 0.1) is 0 Å². The summed E-state index contributed by atoms with van der Waals surface area (Å²) >= 11 is 0. The quantitative estimate of drug-likeness (QED) is 0.280. The molecule has 0 spiro atoms. The monoisotopic (exact) mass is 520 g/mol. The number of methoxy groups -OCH3 is 2. The van der Waals surface area contributed by atoms with Crippen LogP contribution >= 0.6 is 0 Å². The second-order valence-corrected chi connectivity index (χ2v) is 8.86. The molecule has 0 fully saturated rings. The van der Waals surface area contributed by atoms with Crippen molar-refractivity contribution in [3.8, 4) is 22.6 Å². The number of carbonyl (C=O) groups excluding carboxylic acids is 3. The molecule has 0 radical (unpaired) electrons. The van der Waals surface area contributed by atoms with Crippen LogP contribution in [0.1, 0.15) is 55.2 Å². The number of unbranched alkanes of at least 4 members (excludes halogenated alkanes) is 1. The standard InChI is InChI=1S/C28H32N4O6/c1-5-7-14-38-28(35)17-8-11-19(12-9-17)29-24(33)16-21-27(34)30-26-25(20(6-2)31-32(21)26)18-10-13-22(36-3)23(15-18)37-4/h8-13,15,21H,5-7,14,16H2,1-4H3,(H,29,33)(H,30,34). The Morgan fingerprint density at radius 2 is 1.79 bits per heavy atom. The highest BCUT2D eigenvalue weighted by atomic mass is 16.5. The predicted octanol–water partition coefficient (Wildman–Crippen LogP) is 4.61. The predicted molar refractivity (Wildman–Crippen MR) is 143 cm³/mol. The van der Waals surface area contributed by atoms with Crippen LogP contribution in [0.3, 0.4) is 0 Å². The number of carbonyl (C=O) groups is 3. The fourth-order valence-corrected chi connectivity index (χ4v) is 4.33. The second kappa shape index (κ2) is 11.8. The van der Waals surface area contributed by atoms with Gasteiger partial charge in [0.05, 0.1) is 38.5 Å². The molecule has 0 aliphatic carbocycles. The third kappa shape index (κ3) is 5.49. The van der Waals surface area contributed by atoms with E-state index in [1.54, 1.807) is 49.2 Å². The van der Waals surface area contributed by atoms with E-state index < -0.39 is 12.0 Å². The SMILES string of the molecule is CCCCOC(=O)c1ccc(NC(=O)CC2C(=O)Nc3c(-c4ccc(OC)c(OC)c4)c(CC)nn32)cc1. The van der Waals surface area contributed by atoms with E-state index in [0.29, 0.717) is 41.6 Å². The highest BCUT2D eigenvalue weighted by Crippen LogP contribution is 2.41. The van der Waals surface area contributed by atoms with Crippen molar-refractivity contribution in [3.05, 3.63) is 53.7 Å². The lowest BCUT2D eigenvalue weighted by Gasteiger charge is -2.11. The topological polar surface area (TPSA) is 121 Å². The maximum atomic E-state index is 12.9. The van der Waals surface area contributed by atoms with Gasteiger partial charge < -0.3 is 24.8 Å². The minimum Gasteiger partial charge on any atom is -0.493 e. The smallest absolute Gasteiger partial charge is 0.338 e. The Bertz CT molecular complexity index is 1330. The summed E-state index contributed by atoms with van der Waals surface area (Å²) in [6, 6.07) is 11.2. The number of ether oxygens (including phenoxy) is 3. The van der Waals surface area contributed by atoms with Crippen molar-refractivity contribution < 1.29 is 28.6 Å². The van der Waals surface area contributed by atoms with E-state index in [1.807, 2.05) is 26.0 Å². The first kappa shape index (κ1) is 26.7. The van der Waals surface area contributed by atoms with Gasteiger partial charge in [-0.15, -0.1) is 0 Å². The number of amides is 2. The van der Waals surface area contributed by atoms with E-state index in [-0.39, 0.29) is 18.2 Å². The molecule has 1 atom stereocenters. The molecule has 1 aliphatic heterocycles. The molecule has 1 unspecified atom stereocenters. The lowest BCUT2D eigenvalue weighted by atomic mass is 10.0. The second-order valence-electron chi connectivity index (χ2n) is 8.86. The molecule has 38 heavy (non-hydrogen) atoms. The Kier molecular flexibility index (Phi) is 8.30. The van der Waals surface area contributed by atoms with Crippen molar-refractivity contribution in [1.29, 1.82) is 0 Å². The largest absolute Gasteiger partial charge is 0.493 e. The molecule has 0 saturated heterocycles. The molecule has 10 heteroatoms. The molecule has 2 amide bonds. The van der Waals surface area contributed by atoms with Gasteiger partial charge in [0.2, 0.25) is 5.91 Å². The van der Waals surface area contributed by atoms with Crippen molar-refractivity contribution in [2.75, 3.05) is 31.5 Å². The molecule has 2 N–H and O–H groups in total. The minimum absolute atomic E-state index is 0.101. The van der Waals surface area contributed by atoms with Crippen LogP contribution in [0.15, 0.2) is 42.5 Å². The Hall–Kier alpha value is -4.34. The van der Waals surface area contributed by atoms with Gasteiger partial charge in [-0.1, -0.05) is 26.3 Å². The lowest BCUT2D eigenvalue weighted by molar-refractivity contribution is -0.123. The molecule has 4 rings (SSSR count). The first-order valence-electron chi connectivity index (χ1n) is 12.6. The van der Waals surface area contributed by atoms with Crippen molar-refractivity contribution in [1.82, 2.24) is 9.78 Å². The fraction of sp³-hybridized carbons (Fsp3) is 0.357. The number of benzene rings is 2. The van der Waals surface area contributed by atoms with Gasteiger partial charge in [-0.3, -0.25) is 9.59 Å². The van der Waals surface area contributed by atoms with Gasteiger partial charge in [0.15, 0.2) is 11.5 Å². The molecule has 0 bridgehead atoms. The summed E-state index contributed by atoms with van der Waals surface area (Å²) in [6.45, 7) is 4.38. The highest BCUT2D eigenvalue weighted by Gasteiger charge is 2.37. The average Bonchev–Trinajstić information content (AvgIpc) is 3.43. The van der Waals surface area contributed by atoms with E-state index in [1.165, 1.54) is 0 Å². The minimum atomic E-state index is -0.794. The van der Waals surface area contributed by atoms with E-state index in [9.17, 15) is 14.4 Å². The van der Waals surface area contributed by atoms with Gasteiger partial charge in [0, 0.05) is 11.3 Å². The van der Waals surface area contributed by atoms with Crippen LogP contribution < -0.4 is 20.1 Å². The Morgan fingerprint density at radius 1 is 1.05 bits per heavy atom. The Labute approximate surface area is 221 Å². The van der Waals surface area contributed by atoms with Crippen LogP contribution in [0.4, 0.5) is 11.5 Å². The summed E-state index contributed by atoms with van der Waals surface area (Å²) in [5, 5.41) is 10.4. The molecule has 1 aromatic heterocycles. The summed E-state index contributed by atoms with van der Waals surface area (Å²) in [5.41, 5.74) is 3.31. The fourth-order valence-electron chi connectivity index (χ4n) is 4.33. The van der Waals surface area contributed by atoms with Crippen molar-refractivity contribution in [3.63, 3.8) is 0 Å². The number of aromatic nitrogens is 2. The van der Waals surface area contributed by atoms with Crippen LogP contribution in [-0.2, 0) is 20.7 Å². The third-order valence-corrected chi connectivity index (χ3v) is 6.34. The summed E-state index contributed by atoms with van der Waals surface area (Å²) in [5.74, 6) is 0.644. The molecular weight excluding hydrogens is 488 g/mol. The van der Waals surface area contributed by atoms with Gasteiger partial charge in [-0.05, 0) is 54.8 Å². The third-order valence-electron chi connectivity index (χ3n) is 6.34. The number of nitrogens with zero attached hydrogens (tertiary/aromatic N) is 2. The summed E-state index contributed by atoms with van der Waals surface area (Å²) < 4.78 is 17.6. The van der Waals surface area contributed by atoms with Crippen molar-refractivity contribution in [2.24, 2.45) is 0 Å². The summed E-state index contributed by atoms with van der Waals surface area (Å²) in [4.78, 5) is 37.8. The molecule has 3 aromatic rings. The number of hydrogen-bond donors (Lipinski definition) is 2. The maximum Gasteiger partial charge on any atom is 0.338 e. The number of esters is 1. The van der Waals surface area contributed by atoms with Gasteiger partial charge in [-0.2, -0.15) is 5.10 Å². The molecule has 2 aromatic carbocycles. The Balaban J connectivity index is 1.49. The van der Waals surface area contributed by atoms with E-state index >= 15 is 0 Å². The normalized spacial score (nSPS) is 14.0. The zero-order chi connectivity index (χ0) is 27.2. The molecule has 0 saturated carbocycles. The molecule has 2 heterocycles. The number of fused-ring (bicyclic) bond motifs is 1. The number of hydrogen-bond acceptors (Lipinski definition) is 7. The van der Waals surface area contributed by atoms with Gasteiger partial charge in [0.1, 0.15) is 11.9 Å². The average molecular weight is 521 g/mol. The van der Waals surface area contributed by atoms with Crippen LogP contribution in [0.5, 0.6) is 11.5 Å². The summed E-state index contributed by atoms with van der Waals surface area (Å²) in [7, 11) is 3.13. The van der Waals surface area contributed by atoms with Gasteiger partial charge in [-0.25, -0.2) is 9.48 Å². The van der Waals surface area contributed by atoms with Crippen LogP contribution in [0.25, 0.3) is 11.1 Å². The van der Waals surface area contributed by atoms with Crippen molar-refractivity contribution in [2.45, 2.75) is 45.6 Å². The molecule has 1 aliphatic rings. The first-order chi connectivity index (χ1) is 18.4. The van der Waals surface area contributed by atoms with Gasteiger partial charge >= 0.3 is 5.97 Å². The summed E-state index contributed by atoms with van der Waals surface area (Å²) in [6.07, 6.45) is 2.28. The zero-order valence-corrected chi connectivity index (χ0v) is 22.0. The van der Waals surface area contributed by atoms with E-state index in [0.717, 1.165) is 29.7 Å². The van der Waals surface area contributed by atoms with E-state index in [4.69, 9.17) is 14.2 Å². The van der Waals surface area contributed by atoms with Gasteiger partial charge in [0.25, 0.3) is 5.91 Å². The number of aryl methyl sites for hydroxylation is 1. The molecule has 200 valence electrons. The van der Waals surface area contributed by atoms with E-state index in [2.05, 4.69) is 15.7 Å². The Morgan fingerprint density at radius 3 is 2.45 bits per heavy atom. The van der Waals surface area contributed by atoms with Crippen molar-refractivity contribution >= 4 is 29.3 Å². The molecule has 10 nitrogen and oxygen atoms in total. The first-order valence-corrected chi connectivity index (χ1v) is 12.6. The lowest BCUT2D eigenvalue weighted by Crippen LogP contribution is -2.24. The highest BCUT2D eigenvalue weighted by molar-refractivity contribution is 6.04.